The van der Waals surface area contributed by atoms with Gasteiger partial charge in [0.05, 0.1) is 0 Å². The number of hydrogen-bond donors (Lipinski definition) is 0. The number of benzene rings is 2. The van der Waals surface area contributed by atoms with E-state index in [1.54, 1.807) is 0 Å². The summed E-state index contributed by atoms with van der Waals surface area (Å²) in [4.78, 5) is 0. The van der Waals surface area contributed by atoms with Crippen molar-refractivity contribution in [1.29, 1.82) is 0 Å². The van der Waals surface area contributed by atoms with Gasteiger partial charge in [0.2, 0.25) is 0 Å². The van der Waals surface area contributed by atoms with Crippen LogP contribution in [0.4, 0.5) is 0 Å². The van der Waals surface area contributed by atoms with Gasteiger partial charge in [-0.3, -0.25) is 6.08 Å². The van der Waals surface area contributed by atoms with Crippen LogP contribution in [-0.2, 0) is 32.3 Å². The number of halogens is 2. The maximum Gasteiger partial charge on any atom is 4.00 e. The van der Waals surface area contributed by atoms with Crippen LogP contribution in [0.1, 0.15) is 17.5 Å². The fraction of sp³-hybridized carbons (Fsp3) is 0.200. The Morgan fingerprint density at radius 3 is 2.21 bits per heavy atom. The quantitative estimate of drug-likeness (QED) is 0.252. The van der Waals surface area contributed by atoms with Crippen molar-refractivity contribution in [2.24, 2.45) is 0 Å². The average molecular weight is 539 g/mol. The number of rotatable bonds is 0. The first kappa shape index (κ1) is 25.8. The summed E-state index contributed by atoms with van der Waals surface area (Å²) < 4.78 is 0. The molecule has 0 fully saturated rings. The van der Waals surface area contributed by atoms with E-state index in [2.05, 4.69) is 67.7 Å². The smallest absolute Gasteiger partial charge is 1.00 e. The molecule has 0 atom stereocenters. The second-order valence-electron chi connectivity index (χ2n) is 4.98. The van der Waals surface area contributed by atoms with Gasteiger partial charge in [-0.25, -0.2) is 12.2 Å². The number of hydrogen-bond acceptors (Lipinski definition) is 0. The third-order valence-corrected chi connectivity index (χ3v) is 3.20. The van der Waals surface area contributed by atoms with Crippen molar-refractivity contribution in [2.75, 3.05) is 0 Å². The first-order valence-corrected chi connectivity index (χ1v) is 9.71. The summed E-state index contributed by atoms with van der Waals surface area (Å²) >= 11 is 0. The Hall–Kier alpha value is -0.413. The molecule has 0 heterocycles. The van der Waals surface area contributed by atoms with Crippen LogP contribution in [-0.4, -0.2) is 9.52 Å². The van der Waals surface area contributed by atoms with Gasteiger partial charge >= 0.3 is 25.8 Å². The molecule has 123 valence electrons. The predicted octanol–water partition coefficient (Wildman–Crippen LogP) is -1.11. The van der Waals surface area contributed by atoms with Gasteiger partial charge in [-0.15, -0.1) is 12.0 Å². The molecule has 1 radical (unpaired) electrons. The maximum absolute atomic E-state index is 3.30. The fourth-order valence-electron chi connectivity index (χ4n) is 2.34. The molecule has 0 spiro atoms. The van der Waals surface area contributed by atoms with Crippen molar-refractivity contribution in [3.63, 3.8) is 0 Å². The first-order valence-electron chi connectivity index (χ1n) is 7.40. The molecule has 0 saturated heterocycles. The minimum Gasteiger partial charge on any atom is -1.00 e. The van der Waals surface area contributed by atoms with Gasteiger partial charge in [0.25, 0.3) is 0 Å². The largest absolute Gasteiger partial charge is 4.00 e. The Labute approximate surface area is 180 Å². The van der Waals surface area contributed by atoms with E-state index < -0.39 is 0 Å². The molecule has 0 nitrogen and oxygen atoms in total. The summed E-state index contributed by atoms with van der Waals surface area (Å²) in [7, 11) is 0.750. The summed E-state index contributed by atoms with van der Waals surface area (Å²) in [5.74, 6) is 0. The topological polar surface area (TPSA) is 0 Å². The second-order valence-corrected chi connectivity index (χ2v) is 6.13. The molecule has 24 heavy (non-hydrogen) atoms. The molecule has 4 heteroatoms. The SMILES string of the molecule is C[SiH]C.[C-]1=CC=CC1.[Cl-].[Cl-].[Hf+4].[c-]1cccc2c1Cc1ccccc1-2. The molecule has 0 amide bonds. The van der Waals surface area contributed by atoms with Gasteiger partial charge in [0, 0.05) is 9.52 Å². The van der Waals surface area contributed by atoms with Gasteiger partial charge in [-0.05, 0) is 6.42 Å². The predicted molar refractivity (Wildman–Crippen MR) is 94.0 cm³/mol. The summed E-state index contributed by atoms with van der Waals surface area (Å²) in [5, 5.41) is 0. The van der Waals surface area contributed by atoms with Crippen LogP contribution >= 0.6 is 0 Å². The Balaban J connectivity index is 0. The minimum atomic E-state index is 0. The van der Waals surface area contributed by atoms with Gasteiger partial charge in [-0.1, -0.05) is 48.5 Å². The van der Waals surface area contributed by atoms with Crippen LogP contribution in [0.3, 0.4) is 0 Å². The Bertz CT molecular complexity index is 586. The van der Waals surface area contributed by atoms with Gasteiger partial charge in [0.1, 0.15) is 0 Å². The van der Waals surface area contributed by atoms with E-state index >= 15 is 0 Å². The summed E-state index contributed by atoms with van der Waals surface area (Å²) in [6.07, 6.45) is 11.0. The van der Waals surface area contributed by atoms with E-state index in [1.165, 1.54) is 22.3 Å². The van der Waals surface area contributed by atoms with Gasteiger partial charge in [0.15, 0.2) is 0 Å². The monoisotopic (exact) mass is 539 g/mol. The number of allylic oxidation sites excluding steroid dienone is 4. The van der Waals surface area contributed by atoms with Crippen LogP contribution in [0.25, 0.3) is 11.1 Å². The average Bonchev–Trinajstić information content (AvgIpc) is 3.19. The van der Waals surface area contributed by atoms with E-state index in [-0.39, 0.29) is 50.7 Å². The van der Waals surface area contributed by atoms with Crippen LogP contribution < -0.4 is 24.8 Å². The molecule has 0 N–H and O–H groups in total. The van der Waals surface area contributed by atoms with Crippen molar-refractivity contribution < 1.29 is 50.7 Å². The fourth-order valence-corrected chi connectivity index (χ4v) is 2.34. The molecule has 4 rings (SSSR count). The summed E-state index contributed by atoms with van der Waals surface area (Å²) in [6, 6.07) is 18.1. The van der Waals surface area contributed by atoms with E-state index in [1.807, 2.05) is 18.2 Å². The van der Waals surface area contributed by atoms with Crippen molar-refractivity contribution in [1.82, 2.24) is 0 Å². The number of fused-ring (bicyclic) bond motifs is 3. The standard InChI is InChI=1S/C13H9.C5H5.C2H7Si.2ClH.Hf/c1-3-7-12-10(5-1)9-11-6-2-4-8-13(11)12;1-2-4-5-3-1;1-3-2;;;/h1-5,7-8H,9H2;1-3H,4H2;3H,1-2H3;2*1H;/q2*-1;;;;+4/p-2. The molecule has 2 aromatic rings. The molecular formula is C20H21Cl2HfSi. The molecule has 2 aliphatic rings. The third kappa shape index (κ3) is 7.65. The molecule has 0 aromatic heterocycles. The Morgan fingerprint density at radius 2 is 1.62 bits per heavy atom. The van der Waals surface area contributed by atoms with Crippen LogP contribution in [0, 0.1) is 12.1 Å². The molecular weight excluding hydrogens is 518 g/mol. The van der Waals surface area contributed by atoms with Gasteiger partial charge in [-0.2, -0.15) is 35.9 Å². The van der Waals surface area contributed by atoms with Gasteiger partial charge < -0.3 is 24.8 Å². The van der Waals surface area contributed by atoms with Crippen molar-refractivity contribution >= 4 is 9.52 Å². The molecule has 0 bridgehead atoms. The summed E-state index contributed by atoms with van der Waals surface area (Å²) in [5.41, 5.74) is 5.51. The third-order valence-electron chi connectivity index (χ3n) is 3.20. The van der Waals surface area contributed by atoms with Crippen LogP contribution in [0.5, 0.6) is 0 Å². The normalized spacial score (nSPS) is 11.1. The molecule has 0 saturated carbocycles. The maximum atomic E-state index is 3.30. The van der Waals surface area contributed by atoms with Crippen molar-refractivity contribution in [3.05, 3.63) is 84.0 Å². The second kappa shape index (κ2) is 14.9. The molecule has 2 aliphatic carbocycles. The van der Waals surface area contributed by atoms with E-state index in [0.29, 0.717) is 0 Å². The first-order chi connectivity index (χ1) is 10.4. The van der Waals surface area contributed by atoms with E-state index in [9.17, 15) is 0 Å². The summed E-state index contributed by atoms with van der Waals surface area (Å²) in [6.45, 7) is 4.42. The van der Waals surface area contributed by atoms with E-state index in [0.717, 1.165) is 22.4 Å². The Morgan fingerprint density at radius 1 is 0.958 bits per heavy atom. The molecule has 0 unspecified atom stereocenters. The minimum absolute atomic E-state index is 0. The molecule has 2 aromatic carbocycles. The van der Waals surface area contributed by atoms with Crippen LogP contribution in [0.2, 0.25) is 13.1 Å². The Kier molecular flexibility index (Phi) is 16.0. The van der Waals surface area contributed by atoms with Crippen molar-refractivity contribution in [2.45, 2.75) is 25.9 Å². The van der Waals surface area contributed by atoms with Crippen molar-refractivity contribution in [3.8, 4) is 11.1 Å². The van der Waals surface area contributed by atoms with Crippen LogP contribution in [0.15, 0.2) is 60.7 Å². The zero-order valence-corrected chi connectivity index (χ0v) is 20.3. The zero-order chi connectivity index (χ0) is 14.9. The zero-order valence-electron chi connectivity index (χ0n) is 14.0. The van der Waals surface area contributed by atoms with E-state index in [4.69, 9.17) is 0 Å². The molecule has 0 aliphatic heterocycles.